The summed E-state index contributed by atoms with van der Waals surface area (Å²) in [7, 11) is 1.56. The second kappa shape index (κ2) is 6.05. The minimum absolute atomic E-state index is 0.110. The topological polar surface area (TPSA) is 83.8 Å². The lowest BCUT2D eigenvalue weighted by atomic mass is 9.66. The van der Waals surface area contributed by atoms with Crippen LogP contribution in [0.2, 0.25) is 0 Å². The molecule has 116 valence electrons. The van der Waals surface area contributed by atoms with E-state index in [0.717, 1.165) is 5.56 Å². The van der Waals surface area contributed by atoms with Crippen LogP contribution in [0.25, 0.3) is 0 Å². The van der Waals surface area contributed by atoms with E-state index in [1.807, 2.05) is 0 Å². The van der Waals surface area contributed by atoms with Gasteiger partial charge >= 0.3 is 11.9 Å². The lowest BCUT2D eigenvalue weighted by molar-refractivity contribution is -0.148. The van der Waals surface area contributed by atoms with E-state index < -0.39 is 23.3 Å². The van der Waals surface area contributed by atoms with E-state index in [-0.39, 0.29) is 12.0 Å². The molecule has 0 aliphatic heterocycles. The van der Waals surface area contributed by atoms with Crippen LogP contribution < -0.4 is 4.74 Å². The summed E-state index contributed by atoms with van der Waals surface area (Å²) in [5.41, 5.74) is -0.346. The summed E-state index contributed by atoms with van der Waals surface area (Å²) in [5.74, 6) is -2.06. The van der Waals surface area contributed by atoms with E-state index in [0.29, 0.717) is 5.75 Å². The van der Waals surface area contributed by atoms with Crippen molar-refractivity contribution in [2.75, 3.05) is 7.11 Å². The van der Waals surface area contributed by atoms with Gasteiger partial charge in [0.15, 0.2) is 0 Å². The molecule has 2 unspecified atom stereocenters. The Balaban J connectivity index is 2.37. The third-order valence-electron chi connectivity index (χ3n) is 4.21. The van der Waals surface area contributed by atoms with E-state index in [2.05, 4.69) is 0 Å². The first-order chi connectivity index (χ1) is 10.4. The fraction of sp³-hybridized carbons (Fsp3) is 0.294. The number of carboxylic acids is 2. The number of carbonyl (C=O) groups is 2. The molecule has 0 aromatic heterocycles. The number of hydrogen-bond acceptors (Lipinski definition) is 3. The Morgan fingerprint density at radius 1 is 1.23 bits per heavy atom. The summed E-state index contributed by atoms with van der Waals surface area (Å²) in [5, 5.41) is 19.0. The molecule has 1 aliphatic rings. The van der Waals surface area contributed by atoms with Gasteiger partial charge in [-0.3, -0.25) is 4.79 Å². The summed E-state index contributed by atoms with van der Waals surface area (Å²) < 4.78 is 5.08. The maximum atomic E-state index is 11.9. The molecule has 0 radical (unpaired) electrons. The number of hydrogen-bond donors (Lipinski definition) is 2. The van der Waals surface area contributed by atoms with Gasteiger partial charge in [0.1, 0.15) is 5.75 Å². The maximum Gasteiger partial charge on any atom is 0.331 e. The van der Waals surface area contributed by atoms with Crippen LogP contribution in [0.1, 0.15) is 12.5 Å². The SMILES string of the molecule is COc1ccc(CC2(C(=O)O)C=CC=C(C(=O)O)C2C)cc1. The van der Waals surface area contributed by atoms with E-state index in [1.165, 1.54) is 12.2 Å². The highest BCUT2D eigenvalue weighted by atomic mass is 16.5. The van der Waals surface area contributed by atoms with Gasteiger partial charge in [-0.2, -0.15) is 0 Å². The Morgan fingerprint density at radius 3 is 2.36 bits per heavy atom. The predicted molar refractivity (Wildman–Crippen MR) is 80.8 cm³/mol. The minimum atomic E-state index is -1.27. The summed E-state index contributed by atoms with van der Waals surface area (Å²) >= 11 is 0. The molecule has 0 heterocycles. The molecule has 0 saturated heterocycles. The molecule has 0 amide bonds. The standard InChI is InChI=1S/C17H18O5/c1-11-14(15(18)19)4-3-9-17(11,16(20)21)10-12-5-7-13(22-2)8-6-12/h3-9,11H,10H2,1-2H3,(H,18,19)(H,20,21). The quantitative estimate of drug-likeness (QED) is 0.873. The van der Waals surface area contributed by atoms with Gasteiger partial charge in [0.25, 0.3) is 0 Å². The fourth-order valence-electron chi connectivity index (χ4n) is 2.77. The lowest BCUT2D eigenvalue weighted by Gasteiger charge is -2.35. The Hall–Kier alpha value is -2.56. The van der Waals surface area contributed by atoms with Gasteiger partial charge in [-0.15, -0.1) is 0 Å². The summed E-state index contributed by atoms with van der Waals surface area (Å²) in [6.45, 7) is 1.64. The first-order valence-corrected chi connectivity index (χ1v) is 6.90. The number of allylic oxidation sites excluding steroid dienone is 2. The van der Waals surface area contributed by atoms with Crippen LogP contribution >= 0.6 is 0 Å². The Morgan fingerprint density at radius 2 is 1.86 bits per heavy atom. The molecule has 1 aromatic rings. The van der Waals surface area contributed by atoms with Crippen LogP contribution in [0.4, 0.5) is 0 Å². The highest BCUT2D eigenvalue weighted by molar-refractivity contribution is 5.91. The van der Waals surface area contributed by atoms with Gasteiger partial charge in [0.2, 0.25) is 0 Å². The van der Waals surface area contributed by atoms with Crippen LogP contribution in [-0.2, 0) is 16.0 Å². The number of rotatable bonds is 5. The zero-order valence-corrected chi connectivity index (χ0v) is 12.4. The number of carboxylic acid groups (broad SMARTS) is 2. The van der Waals surface area contributed by atoms with Crippen LogP contribution in [0.5, 0.6) is 5.75 Å². The van der Waals surface area contributed by atoms with Crippen molar-refractivity contribution in [1.82, 2.24) is 0 Å². The van der Waals surface area contributed by atoms with Gasteiger partial charge < -0.3 is 14.9 Å². The van der Waals surface area contributed by atoms with Gasteiger partial charge in [-0.05, 0) is 24.1 Å². The van der Waals surface area contributed by atoms with Crippen molar-refractivity contribution < 1.29 is 24.5 Å². The first kappa shape index (κ1) is 15.8. The lowest BCUT2D eigenvalue weighted by Crippen LogP contribution is -2.41. The molecule has 0 bridgehead atoms. The molecule has 5 nitrogen and oxygen atoms in total. The highest BCUT2D eigenvalue weighted by Gasteiger charge is 2.45. The summed E-state index contributed by atoms with van der Waals surface area (Å²) in [4.78, 5) is 23.2. The molecule has 2 rings (SSSR count). The van der Waals surface area contributed by atoms with Crippen molar-refractivity contribution in [2.45, 2.75) is 13.3 Å². The van der Waals surface area contributed by atoms with Crippen molar-refractivity contribution in [3.8, 4) is 5.75 Å². The molecule has 22 heavy (non-hydrogen) atoms. The van der Waals surface area contributed by atoms with E-state index >= 15 is 0 Å². The molecule has 1 aromatic carbocycles. The van der Waals surface area contributed by atoms with Gasteiger partial charge in [-0.1, -0.05) is 37.3 Å². The number of benzene rings is 1. The molecule has 0 spiro atoms. The number of aliphatic carboxylic acids is 2. The van der Waals surface area contributed by atoms with Crippen LogP contribution in [0, 0.1) is 11.3 Å². The summed E-state index contributed by atoms with van der Waals surface area (Å²) in [6.07, 6.45) is 4.77. The number of methoxy groups -OCH3 is 1. The molecule has 0 fully saturated rings. The van der Waals surface area contributed by atoms with Crippen molar-refractivity contribution in [1.29, 1.82) is 0 Å². The van der Waals surface area contributed by atoms with Crippen molar-refractivity contribution in [3.63, 3.8) is 0 Å². The molecule has 0 saturated carbocycles. The van der Waals surface area contributed by atoms with Crippen LogP contribution in [-0.4, -0.2) is 29.3 Å². The Labute approximate surface area is 128 Å². The zero-order chi connectivity index (χ0) is 16.3. The van der Waals surface area contributed by atoms with E-state index in [1.54, 1.807) is 44.4 Å². The maximum absolute atomic E-state index is 11.9. The minimum Gasteiger partial charge on any atom is -0.497 e. The Kier molecular flexibility index (Phi) is 4.35. The Bertz CT molecular complexity index is 642. The first-order valence-electron chi connectivity index (χ1n) is 6.90. The largest absolute Gasteiger partial charge is 0.497 e. The van der Waals surface area contributed by atoms with Gasteiger partial charge in [0, 0.05) is 11.5 Å². The normalized spacial score (nSPS) is 23.7. The smallest absolute Gasteiger partial charge is 0.331 e. The molecule has 5 heteroatoms. The van der Waals surface area contributed by atoms with Crippen molar-refractivity contribution in [3.05, 3.63) is 53.6 Å². The average Bonchev–Trinajstić information content (AvgIpc) is 2.49. The third kappa shape index (κ3) is 2.74. The molecular weight excluding hydrogens is 284 g/mol. The second-order valence-electron chi connectivity index (χ2n) is 5.38. The average molecular weight is 302 g/mol. The second-order valence-corrected chi connectivity index (χ2v) is 5.38. The number of ether oxygens (including phenoxy) is 1. The van der Waals surface area contributed by atoms with Crippen molar-refractivity contribution in [2.24, 2.45) is 11.3 Å². The predicted octanol–water partition coefficient (Wildman–Crippen LogP) is 2.53. The van der Waals surface area contributed by atoms with E-state index in [4.69, 9.17) is 4.74 Å². The van der Waals surface area contributed by atoms with Crippen LogP contribution in [0.15, 0.2) is 48.1 Å². The molecular formula is C17H18O5. The summed E-state index contributed by atoms with van der Waals surface area (Å²) in [6, 6.07) is 7.11. The van der Waals surface area contributed by atoms with Gasteiger partial charge in [-0.25, -0.2) is 4.79 Å². The fourth-order valence-corrected chi connectivity index (χ4v) is 2.77. The monoisotopic (exact) mass is 302 g/mol. The van der Waals surface area contributed by atoms with Gasteiger partial charge in [0.05, 0.1) is 12.5 Å². The third-order valence-corrected chi connectivity index (χ3v) is 4.21. The van der Waals surface area contributed by atoms with Crippen LogP contribution in [0.3, 0.4) is 0 Å². The van der Waals surface area contributed by atoms with Crippen molar-refractivity contribution >= 4 is 11.9 Å². The van der Waals surface area contributed by atoms with E-state index in [9.17, 15) is 19.8 Å². The highest BCUT2D eigenvalue weighted by Crippen LogP contribution is 2.41. The molecule has 1 aliphatic carbocycles. The molecule has 2 N–H and O–H groups in total. The molecule has 2 atom stereocenters. The zero-order valence-electron chi connectivity index (χ0n) is 12.4.